The van der Waals surface area contributed by atoms with Crippen molar-refractivity contribution >= 4 is 22.4 Å². The first-order valence-corrected chi connectivity index (χ1v) is 11.0. The van der Waals surface area contributed by atoms with E-state index >= 15 is 0 Å². The van der Waals surface area contributed by atoms with Crippen molar-refractivity contribution in [2.24, 2.45) is 0 Å². The van der Waals surface area contributed by atoms with Gasteiger partial charge in [0, 0.05) is 35.9 Å². The maximum Gasteiger partial charge on any atom is 0.354 e. The molecule has 0 spiro atoms. The second kappa shape index (κ2) is 8.84. The molecule has 8 heteroatoms. The van der Waals surface area contributed by atoms with E-state index in [1.54, 1.807) is 12.3 Å². The van der Waals surface area contributed by atoms with Gasteiger partial charge in [0.1, 0.15) is 5.82 Å². The second-order valence-electron chi connectivity index (χ2n) is 8.43. The Bertz CT molecular complexity index is 1280. The lowest BCUT2D eigenvalue weighted by Crippen LogP contribution is -2.38. The molecule has 5 rings (SSSR count). The molecule has 1 saturated carbocycles. The van der Waals surface area contributed by atoms with E-state index in [-0.39, 0.29) is 11.5 Å². The highest BCUT2D eigenvalue weighted by Crippen LogP contribution is 2.24. The van der Waals surface area contributed by atoms with E-state index in [0.717, 1.165) is 40.8 Å². The van der Waals surface area contributed by atoms with Gasteiger partial charge in [-0.05, 0) is 67.6 Å². The van der Waals surface area contributed by atoms with Crippen LogP contribution in [0.2, 0.25) is 0 Å². The van der Waals surface area contributed by atoms with Gasteiger partial charge in [-0.2, -0.15) is 10.1 Å². The molecule has 164 valence electrons. The molecule has 1 aliphatic rings. The van der Waals surface area contributed by atoms with Gasteiger partial charge in [-0.1, -0.05) is 12.1 Å². The van der Waals surface area contributed by atoms with Crippen molar-refractivity contribution in [1.29, 1.82) is 0 Å². The van der Waals surface area contributed by atoms with E-state index in [1.165, 1.54) is 23.8 Å². The molecular weight excluding hydrogens is 402 g/mol. The maximum atomic E-state index is 12.1. The summed E-state index contributed by atoms with van der Waals surface area (Å²) >= 11 is 0. The minimum atomic E-state index is -0.370. The molecule has 2 heterocycles. The smallest absolute Gasteiger partial charge is 0.354 e. The fourth-order valence-corrected chi connectivity index (χ4v) is 4.47. The Labute approximate surface area is 185 Å². The third-order valence-electron chi connectivity index (χ3n) is 6.09. The van der Waals surface area contributed by atoms with Crippen molar-refractivity contribution in [3.63, 3.8) is 0 Å². The number of hydrogen-bond acceptors (Lipinski definition) is 6. The highest BCUT2D eigenvalue weighted by Gasteiger charge is 2.21. The minimum absolute atomic E-state index is 0.231. The molecule has 0 saturated heterocycles. The minimum Gasteiger partial charge on any atom is -0.383 e. The van der Waals surface area contributed by atoms with E-state index in [9.17, 15) is 4.79 Å². The molecule has 1 fully saturated rings. The van der Waals surface area contributed by atoms with E-state index < -0.39 is 0 Å². The van der Waals surface area contributed by atoms with E-state index in [4.69, 9.17) is 5.73 Å². The van der Waals surface area contributed by atoms with Gasteiger partial charge < -0.3 is 16.4 Å². The summed E-state index contributed by atoms with van der Waals surface area (Å²) in [5.41, 5.74) is 9.35. The van der Waals surface area contributed by atoms with Gasteiger partial charge >= 0.3 is 5.69 Å². The zero-order chi connectivity index (χ0) is 21.9. The van der Waals surface area contributed by atoms with Gasteiger partial charge in [0.05, 0.1) is 17.4 Å². The molecule has 0 amide bonds. The van der Waals surface area contributed by atoms with Crippen molar-refractivity contribution in [3.8, 4) is 5.69 Å². The molecule has 5 N–H and O–H groups in total. The molecule has 32 heavy (non-hydrogen) atoms. The van der Waals surface area contributed by atoms with Gasteiger partial charge in [0.15, 0.2) is 0 Å². The predicted octanol–water partition coefficient (Wildman–Crippen LogP) is 3.20. The normalized spacial score (nSPS) is 18.6. The zero-order valence-electron chi connectivity index (χ0n) is 17.8. The van der Waals surface area contributed by atoms with Crippen LogP contribution >= 0.6 is 0 Å². The van der Waals surface area contributed by atoms with E-state index in [0.29, 0.717) is 12.1 Å². The number of aromatic amines is 1. The lowest BCUT2D eigenvalue weighted by atomic mass is 9.90. The Morgan fingerprint density at radius 3 is 2.94 bits per heavy atom. The largest absolute Gasteiger partial charge is 0.383 e. The quantitative estimate of drug-likeness (QED) is 0.374. The number of anilines is 2. The van der Waals surface area contributed by atoms with Gasteiger partial charge in [0.2, 0.25) is 0 Å². The Morgan fingerprint density at radius 2 is 2.03 bits per heavy atom. The first kappa shape index (κ1) is 20.3. The topological polar surface area (TPSA) is 114 Å². The highest BCUT2D eigenvalue weighted by atomic mass is 16.1. The Kier molecular flexibility index (Phi) is 5.60. The molecule has 0 radical (unpaired) electrons. The van der Waals surface area contributed by atoms with Crippen LogP contribution in [0, 0.1) is 0 Å². The first-order valence-electron chi connectivity index (χ1n) is 11.0. The van der Waals surface area contributed by atoms with Crippen LogP contribution in [0.4, 0.5) is 11.5 Å². The number of aromatic nitrogens is 4. The number of fused-ring (bicyclic) bond motifs is 1. The molecular formula is C24H27N7O. The molecule has 0 aliphatic heterocycles. The highest BCUT2D eigenvalue weighted by molar-refractivity contribution is 5.81. The predicted molar refractivity (Wildman–Crippen MR) is 127 cm³/mol. The Morgan fingerprint density at radius 1 is 1.12 bits per heavy atom. The fourth-order valence-electron chi connectivity index (χ4n) is 4.47. The first-order chi connectivity index (χ1) is 15.6. The Balaban J connectivity index is 1.20. The summed E-state index contributed by atoms with van der Waals surface area (Å²) in [6.07, 6.45) is 8.12. The van der Waals surface area contributed by atoms with Crippen molar-refractivity contribution in [3.05, 3.63) is 77.0 Å². The number of H-pyrrole nitrogens is 1. The number of benzene rings is 2. The SMILES string of the molecule is Nc1ccn(-c2cccc(CNC3CCCC(Nc4ccc5[nH]ncc5c4)C3)c2)c(=O)n1. The molecule has 0 bridgehead atoms. The summed E-state index contributed by atoms with van der Waals surface area (Å²) in [6, 6.07) is 16.8. The van der Waals surface area contributed by atoms with Crippen molar-refractivity contribution in [2.75, 3.05) is 11.1 Å². The molecule has 2 aromatic carbocycles. The fraction of sp³-hybridized carbons (Fsp3) is 0.292. The molecule has 2 unspecified atom stereocenters. The van der Waals surface area contributed by atoms with Crippen LogP contribution < -0.4 is 22.1 Å². The van der Waals surface area contributed by atoms with E-state index in [2.05, 4.69) is 50.1 Å². The van der Waals surface area contributed by atoms with Crippen LogP contribution in [0.1, 0.15) is 31.2 Å². The van der Waals surface area contributed by atoms with Crippen LogP contribution in [-0.2, 0) is 6.54 Å². The maximum absolute atomic E-state index is 12.1. The summed E-state index contributed by atoms with van der Waals surface area (Å²) in [7, 11) is 0. The second-order valence-corrected chi connectivity index (χ2v) is 8.43. The molecule has 1 aliphatic carbocycles. The van der Waals surface area contributed by atoms with Crippen LogP contribution in [-0.4, -0.2) is 31.8 Å². The van der Waals surface area contributed by atoms with Gasteiger partial charge in [-0.3, -0.25) is 9.67 Å². The van der Waals surface area contributed by atoms with Gasteiger partial charge in [-0.15, -0.1) is 0 Å². The number of nitrogens with one attached hydrogen (secondary N) is 3. The standard InChI is InChI=1S/C24H27N7O/c25-23-9-10-31(24(32)29-23)21-6-1-3-16(11-21)14-26-18-4-2-5-19(13-18)28-20-7-8-22-17(12-20)15-27-30-22/h1,3,6-12,15,18-19,26,28H,2,4-5,13-14H2,(H,27,30)(H2,25,29,32). The van der Waals surface area contributed by atoms with Crippen LogP contribution in [0.25, 0.3) is 16.6 Å². The van der Waals surface area contributed by atoms with Crippen molar-refractivity contribution in [1.82, 2.24) is 25.1 Å². The molecule has 8 nitrogen and oxygen atoms in total. The van der Waals surface area contributed by atoms with Gasteiger partial charge in [0.25, 0.3) is 0 Å². The third kappa shape index (κ3) is 4.50. The summed E-state index contributed by atoms with van der Waals surface area (Å²) in [4.78, 5) is 16.0. The summed E-state index contributed by atoms with van der Waals surface area (Å²) in [5.74, 6) is 0.231. The average molecular weight is 430 g/mol. The lowest BCUT2D eigenvalue weighted by Gasteiger charge is -2.31. The van der Waals surface area contributed by atoms with Crippen LogP contribution in [0.5, 0.6) is 0 Å². The van der Waals surface area contributed by atoms with Crippen LogP contribution in [0.15, 0.2) is 65.7 Å². The summed E-state index contributed by atoms with van der Waals surface area (Å²) < 4.78 is 1.51. The van der Waals surface area contributed by atoms with Crippen LogP contribution in [0.3, 0.4) is 0 Å². The number of rotatable bonds is 6. The third-order valence-corrected chi connectivity index (χ3v) is 6.09. The molecule has 2 aromatic heterocycles. The molecule has 2 atom stereocenters. The number of nitrogens with zero attached hydrogens (tertiary/aromatic N) is 3. The van der Waals surface area contributed by atoms with Crippen molar-refractivity contribution < 1.29 is 0 Å². The average Bonchev–Trinajstić information content (AvgIpc) is 3.26. The summed E-state index contributed by atoms with van der Waals surface area (Å²) in [5, 5.41) is 15.6. The van der Waals surface area contributed by atoms with E-state index in [1.807, 2.05) is 24.4 Å². The monoisotopic (exact) mass is 429 g/mol. The summed E-state index contributed by atoms with van der Waals surface area (Å²) in [6.45, 7) is 0.753. The number of nitrogen functional groups attached to an aromatic ring is 1. The number of nitrogens with two attached hydrogens (primary N) is 1. The van der Waals surface area contributed by atoms with Crippen molar-refractivity contribution in [2.45, 2.75) is 44.3 Å². The Hall–Kier alpha value is -3.65. The number of hydrogen-bond donors (Lipinski definition) is 4. The van der Waals surface area contributed by atoms with Gasteiger partial charge in [-0.25, -0.2) is 4.79 Å². The zero-order valence-corrected chi connectivity index (χ0v) is 17.8. The molecule has 4 aromatic rings. The lowest BCUT2D eigenvalue weighted by molar-refractivity contribution is 0.350.